The molecule has 2 aromatic heterocycles. The van der Waals surface area contributed by atoms with E-state index in [9.17, 15) is 0 Å². The second kappa shape index (κ2) is 8.32. The van der Waals surface area contributed by atoms with E-state index < -0.39 is 0 Å². The van der Waals surface area contributed by atoms with Crippen molar-refractivity contribution in [2.45, 2.75) is 40.2 Å². The van der Waals surface area contributed by atoms with E-state index in [-0.39, 0.29) is 0 Å². The number of nitrogens with one attached hydrogen (secondary N) is 1. The fraction of sp³-hybridized carbons (Fsp3) is 0.389. The molecule has 0 aliphatic heterocycles. The van der Waals surface area contributed by atoms with Crippen LogP contribution >= 0.6 is 0 Å². The molecule has 0 spiro atoms. The first-order valence-electron chi connectivity index (χ1n) is 8.46. The predicted molar refractivity (Wildman–Crippen MR) is 101 cm³/mol. The first-order chi connectivity index (χ1) is 12.1. The van der Waals surface area contributed by atoms with E-state index in [1.54, 1.807) is 11.6 Å². The monoisotopic (exact) mass is 342 g/mol. The van der Waals surface area contributed by atoms with Crippen LogP contribution in [0, 0.1) is 0 Å². The molecule has 134 valence electrons. The average molecular weight is 342 g/mol. The summed E-state index contributed by atoms with van der Waals surface area (Å²) >= 11 is 0. The Morgan fingerprint density at radius 2 is 2.00 bits per heavy atom. The molecule has 0 aliphatic rings. The Bertz CT molecular complexity index is 828. The highest BCUT2D eigenvalue weighted by Gasteiger charge is 2.15. The van der Waals surface area contributed by atoms with Crippen molar-refractivity contribution >= 4 is 17.3 Å². The summed E-state index contributed by atoms with van der Waals surface area (Å²) in [4.78, 5) is 8.77. The number of nitrogens with two attached hydrogens (primary N) is 1. The van der Waals surface area contributed by atoms with E-state index in [2.05, 4.69) is 34.2 Å². The Balaban J connectivity index is 0.00000109. The topological polar surface area (TPSA) is 90.4 Å². The molecule has 0 radical (unpaired) electrons. The van der Waals surface area contributed by atoms with Gasteiger partial charge >= 0.3 is 6.01 Å². The van der Waals surface area contributed by atoms with Crippen LogP contribution in [-0.4, -0.2) is 26.7 Å². The lowest BCUT2D eigenvalue weighted by molar-refractivity contribution is 0.379. The SMILES string of the molecule is CC.COc1nc(NCc2cccc(N)c2)n2ncc(C(C)C)c2n1. The molecule has 1 aromatic carbocycles. The van der Waals surface area contributed by atoms with Gasteiger partial charge in [0.25, 0.3) is 0 Å². The quantitative estimate of drug-likeness (QED) is 0.690. The molecule has 0 saturated heterocycles. The molecule has 0 saturated carbocycles. The first kappa shape index (κ1) is 18.5. The number of methoxy groups -OCH3 is 1. The lowest BCUT2D eigenvalue weighted by atomic mass is 10.1. The maximum Gasteiger partial charge on any atom is 0.321 e. The molecule has 0 fully saturated rings. The third kappa shape index (κ3) is 4.17. The van der Waals surface area contributed by atoms with Gasteiger partial charge < -0.3 is 15.8 Å². The number of nitrogen functional groups attached to an aromatic ring is 1. The fourth-order valence-electron chi connectivity index (χ4n) is 2.37. The van der Waals surface area contributed by atoms with Crippen LogP contribution in [0.15, 0.2) is 30.5 Å². The summed E-state index contributed by atoms with van der Waals surface area (Å²) in [5, 5.41) is 7.67. The summed E-state index contributed by atoms with van der Waals surface area (Å²) in [6.07, 6.45) is 1.82. The standard InChI is InChI=1S/C16H20N6O.C2H6/c1-10(2)13-9-19-22-14(13)20-16(23-3)21-15(22)18-8-11-5-4-6-12(17)7-11;1-2/h4-7,9-10H,8,17H2,1-3H3,(H,18,20,21);1-2H3. The Morgan fingerprint density at radius 1 is 1.24 bits per heavy atom. The van der Waals surface area contributed by atoms with Crippen LogP contribution in [0.4, 0.5) is 11.6 Å². The summed E-state index contributed by atoms with van der Waals surface area (Å²) < 4.78 is 6.91. The average Bonchev–Trinajstić information content (AvgIpc) is 3.05. The minimum absolute atomic E-state index is 0.314. The molecule has 2 heterocycles. The Labute approximate surface area is 148 Å². The maximum atomic E-state index is 5.81. The van der Waals surface area contributed by atoms with E-state index in [1.807, 2.05) is 44.3 Å². The molecule has 3 rings (SSSR count). The van der Waals surface area contributed by atoms with Crippen molar-refractivity contribution in [1.82, 2.24) is 19.6 Å². The van der Waals surface area contributed by atoms with Crippen LogP contribution in [0.25, 0.3) is 5.65 Å². The molecular weight excluding hydrogens is 316 g/mol. The lowest BCUT2D eigenvalue weighted by Gasteiger charge is -2.10. The van der Waals surface area contributed by atoms with Crippen LogP contribution in [0.1, 0.15) is 44.7 Å². The van der Waals surface area contributed by atoms with Gasteiger partial charge in [0.05, 0.1) is 13.3 Å². The highest BCUT2D eigenvalue weighted by molar-refractivity contribution is 5.53. The van der Waals surface area contributed by atoms with Gasteiger partial charge in [0.1, 0.15) is 0 Å². The van der Waals surface area contributed by atoms with Crippen molar-refractivity contribution in [2.24, 2.45) is 0 Å². The number of hydrogen-bond acceptors (Lipinski definition) is 6. The van der Waals surface area contributed by atoms with Gasteiger partial charge in [-0.05, 0) is 23.6 Å². The van der Waals surface area contributed by atoms with Crippen molar-refractivity contribution < 1.29 is 4.74 Å². The normalized spacial score (nSPS) is 10.5. The van der Waals surface area contributed by atoms with Crippen LogP contribution < -0.4 is 15.8 Å². The minimum atomic E-state index is 0.314. The van der Waals surface area contributed by atoms with Gasteiger partial charge in [0.2, 0.25) is 5.95 Å². The lowest BCUT2D eigenvalue weighted by Crippen LogP contribution is -2.10. The predicted octanol–water partition coefficient (Wildman–Crippen LogP) is 3.48. The fourth-order valence-corrected chi connectivity index (χ4v) is 2.37. The van der Waals surface area contributed by atoms with Gasteiger partial charge in [-0.25, -0.2) is 0 Å². The van der Waals surface area contributed by atoms with Crippen LogP contribution in [0.3, 0.4) is 0 Å². The molecule has 0 aliphatic carbocycles. The molecule has 0 bridgehead atoms. The van der Waals surface area contributed by atoms with Gasteiger partial charge in [-0.3, -0.25) is 0 Å². The van der Waals surface area contributed by atoms with E-state index in [4.69, 9.17) is 10.5 Å². The zero-order valence-electron chi connectivity index (χ0n) is 15.4. The van der Waals surface area contributed by atoms with E-state index in [1.165, 1.54) is 0 Å². The number of nitrogens with zero attached hydrogens (tertiary/aromatic N) is 4. The number of fused-ring (bicyclic) bond motifs is 1. The molecule has 0 amide bonds. The summed E-state index contributed by atoms with van der Waals surface area (Å²) in [7, 11) is 1.55. The number of anilines is 2. The third-order valence-corrected chi connectivity index (χ3v) is 3.58. The third-order valence-electron chi connectivity index (χ3n) is 3.58. The van der Waals surface area contributed by atoms with Crippen molar-refractivity contribution in [3.8, 4) is 6.01 Å². The van der Waals surface area contributed by atoms with Crippen LogP contribution in [0.2, 0.25) is 0 Å². The number of aromatic nitrogens is 4. The van der Waals surface area contributed by atoms with Crippen LogP contribution in [0.5, 0.6) is 6.01 Å². The molecule has 0 atom stereocenters. The van der Waals surface area contributed by atoms with Gasteiger partial charge in [-0.2, -0.15) is 19.6 Å². The molecule has 3 N–H and O–H groups in total. The molecule has 25 heavy (non-hydrogen) atoms. The molecule has 7 heteroatoms. The maximum absolute atomic E-state index is 5.81. The summed E-state index contributed by atoms with van der Waals surface area (Å²) in [6, 6.07) is 8.02. The second-order valence-corrected chi connectivity index (χ2v) is 5.62. The smallest absolute Gasteiger partial charge is 0.321 e. The van der Waals surface area contributed by atoms with Gasteiger partial charge in [-0.1, -0.05) is 39.8 Å². The molecule has 0 unspecified atom stereocenters. The number of benzene rings is 1. The minimum Gasteiger partial charge on any atom is -0.467 e. The molecular formula is C18H26N6O. The first-order valence-corrected chi connectivity index (χ1v) is 8.46. The van der Waals surface area contributed by atoms with Gasteiger partial charge in [0.15, 0.2) is 5.65 Å². The summed E-state index contributed by atoms with van der Waals surface area (Å²) in [5.74, 6) is 0.898. The highest BCUT2D eigenvalue weighted by atomic mass is 16.5. The van der Waals surface area contributed by atoms with Gasteiger partial charge in [-0.15, -0.1) is 0 Å². The van der Waals surface area contributed by atoms with E-state index in [0.29, 0.717) is 24.4 Å². The molecule has 3 aromatic rings. The second-order valence-electron chi connectivity index (χ2n) is 5.62. The summed E-state index contributed by atoms with van der Waals surface area (Å²) in [5.41, 5.74) is 9.41. The van der Waals surface area contributed by atoms with Crippen molar-refractivity contribution in [3.05, 3.63) is 41.6 Å². The zero-order valence-corrected chi connectivity index (χ0v) is 15.4. The van der Waals surface area contributed by atoms with Gasteiger partial charge in [0, 0.05) is 17.8 Å². The zero-order chi connectivity index (χ0) is 18.4. The van der Waals surface area contributed by atoms with Crippen molar-refractivity contribution in [2.75, 3.05) is 18.2 Å². The molecule has 7 nitrogen and oxygen atoms in total. The number of rotatable bonds is 5. The van der Waals surface area contributed by atoms with Crippen molar-refractivity contribution in [1.29, 1.82) is 0 Å². The Morgan fingerprint density at radius 3 is 2.64 bits per heavy atom. The highest BCUT2D eigenvalue weighted by Crippen LogP contribution is 2.22. The largest absolute Gasteiger partial charge is 0.467 e. The Hall–Kier alpha value is -2.83. The summed E-state index contributed by atoms with van der Waals surface area (Å²) in [6.45, 7) is 8.79. The number of hydrogen-bond donors (Lipinski definition) is 2. The van der Waals surface area contributed by atoms with Crippen molar-refractivity contribution in [3.63, 3.8) is 0 Å². The van der Waals surface area contributed by atoms with E-state index >= 15 is 0 Å². The number of ether oxygens (including phenoxy) is 1. The Kier molecular flexibility index (Phi) is 6.16. The van der Waals surface area contributed by atoms with Crippen LogP contribution in [-0.2, 0) is 6.54 Å². The van der Waals surface area contributed by atoms with E-state index in [0.717, 1.165) is 22.5 Å².